The van der Waals surface area contributed by atoms with Gasteiger partial charge in [0, 0.05) is 4.47 Å². The minimum atomic E-state index is -0.315. The molecule has 0 unspecified atom stereocenters. The van der Waals surface area contributed by atoms with Gasteiger partial charge in [-0.2, -0.15) is 0 Å². The molecule has 20 heavy (non-hydrogen) atoms. The fraction of sp³-hybridized carbons (Fsp3) is 0.133. The molecule has 3 nitrogen and oxygen atoms in total. The monoisotopic (exact) mass is 334 g/mol. The summed E-state index contributed by atoms with van der Waals surface area (Å²) in [5, 5.41) is 3.08. The van der Waals surface area contributed by atoms with E-state index >= 15 is 0 Å². The normalized spacial score (nSPS) is 13.9. The molecule has 1 N–H and O–H groups in total. The van der Waals surface area contributed by atoms with Gasteiger partial charge in [-0.05, 0) is 35.9 Å². The summed E-state index contributed by atoms with van der Waals surface area (Å²) in [5.41, 5.74) is 2.49. The van der Waals surface area contributed by atoms with Crippen molar-refractivity contribution in [3.8, 4) is 0 Å². The lowest BCUT2D eigenvalue weighted by molar-refractivity contribution is -0.117. The first-order valence-corrected chi connectivity index (χ1v) is 7.01. The number of hydrogen-bond donors (Lipinski definition) is 1. The molecule has 2 aromatic carbocycles. The van der Waals surface area contributed by atoms with E-state index in [9.17, 15) is 9.18 Å². The van der Waals surface area contributed by atoms with E-state index in [1.165, 1.54) is 12.1 Å². The highest BCUT2D eigenvalue weighted by Gasteiger charge is 2.23. The number of carbonyl (C=O) groups is 1. The number of anilines is 2. The number of rotatable bonds is 2. The van der Waals surface area contributed by atoms with Gasteiger partial charge in [-0.25, -0.2) is 4.39 Å². The van der Waals surface area contributed by atoms with Gasteiger partial charge >= 0.3 is 0 Å². The third-order valence-electron chi connectivity index (χ3n) is 3.19. The SMILES string of the molecule is O=C1CNc2ccccc2N1Cc1cc(F)cc(Br)c1. The van der Waals surface area contributed by atoms with Crippen molar-refractivity contribution in [2.45, 2.75) is 6.54 Å². The highest BCUT2D eigenvalue weighted by molar-refractivity contribution is 9.10. The lowest BCUT2D eigenvalue weighted by Gasteiger charge is -2.30. The van der Waals surface area contributed by atoms with Crippen LogP contribution in [0.4, 0.5) is 15.8 Å². The largest absolute Gasteiger partial charge is 0.374 e. The van der Waals surface area contributed by atoms with E-state index in [0.717, 1.165) is 16.9 Å². The average molecular weight is 335 g/mol. The Balaban J connectivity index is 1.95. The van der Waals surface area contributed by atoms with Gasteiger partial charge in [-0.1, -0.05) is 28.1 Å². The molecule has 102 valence electrons. The van der Waals surface area contributed by atoms with Crippen LogP contribution in [0.15, 0.2) is 46.9 Å². The Labute approximate surface area is 124 Å². The van der Waals surface area contributed by atoms with Gasteiger partial charge in [0.05, 0.1) is 24.5 Å². The van der Waals surface area contributed by atoms with Crippen LogP contribution in [-0.4, -0.2) is 12.5 Å². The molecule has 1 heterocycles. The van der Waals surface area contributed by atoms with Crippen molar-refractivity contribution in [1.29, 1.82) is 0 Å². The van der Waals surface area contributed by atoms with Crippen LogP contribution in [0.5, 0.6) is 0 Å². The lowest BCUT2D eigenvalue weighted by Crippen LogP contribution is -2.39. The van der Waals surface area contributed by atoms with Gasteiger partial charge in [0.25, 0.3) is 0 Å². The first kappa shape index (κ1) is 13.1. The summed E-state index contributed by atoms with van der Waals surface area (Å²) < 4.78 is 14.1. The summed E-state index contributed by atoms with van der Waals surface area (Å²) >= 11 is 3.27. The Kier molecular flexibility index (Phi) is 3.44. The Morgan fingerprint density at radius 1 is 1.25 bits per heavy atom. The first-order chi connectivity index (χ1) is 9.63. The molecule has 0 fully saturated rings. The lowest BCUT2D eigenvalue weighted by atomic mass is 10.1. The third-order valence-corrected chi connectivity index (χ3v) is 3.65. The molecule has 1 aliphatic rings. The number of amides is 1. The van der Waals surface area contributed by atoms with Gasteiger partial charge < -0.3 is 10.2 Å². The van der Waals surface area contributed by atoms with Crippen LogP contribution in [-0.2, 0) is 11.3 Å². The minimum absolute atomic E-state index is 0.0240. The number of benzene rings is 2. The highest BCUT2D eigenvalue weighted by Crippen LogP contribution is 2.30. The molecule has 0 spiro atoms. The number of fused-ring (bicyclic) bond motifs is 1. The maximum atomic E-state index is 13.4. The molecule has 1 aliphatic heterocycles. The second-order valence-electron chi connectivity index (χ2n) is 4.63. The van der Waals surface area contributed by atoms with Crippen molar-refractivity contribution in [3.63, 3.8) is 0 Å². The molecule has 0 bridgehead atoms. The summed E-state index contributed by atoms with van der Waals surface area (Å²) in [5.74, 6) is -0.339. The standard InChI is InChI=1S/C15H12BrFN2O/c16-11-5-10(6-12(17)7-11)9-19-14-4-2-1-3-13(14)18-8-15(19)20/h1-7,18H,8-9H2. The average Bonchev–Trinajstić information content (AvgIpc) is 2.41. The molecule has 1 amide bonds. The van der Waals surface area contributed by atoms with Gasteiger partial charge in [0.2, 0.25) is 5.91 Å². The summed E-state index contributed by atoms with van der Waals surface area (Å²) in [6.45, 7) is 0.612. The van der Waals surface area contributed by atoms with Gasteiger partial charge in [0.1, 0.15) is 5.82 Å². The smallest absolute Gasteiger partial charge is 0.246 e. The van der Waals surface area contributed by atoms with Crippen molar-refractivity contribution in [3.05, 3.63) is 58.3 Å². The highest BCUT2D eigenvalue weighted by atomic mass is 79.9. The molecule has 0 aliphatic carbocycles. The van der Waals surface area contributed by atoms with Gasteiger partial charge in [0.15, 0.2) is 0 Å². The Hall–Kier alpha value is -1.88. The second-order valence-corrected chi connectivity index (χ2v) is 5.54. The summed E-state index contributed by atoms with van der Waals surface area (Å²) in [6, 6.07) is 12.3. The van der Waals surface area contributed by atoms with Crippen LogP contribution in [0, 0.1) is 5.82 Å². The van der Waals surface area contributed by atoms with Crippen LogP contribution < -0.4 is 10.2 Å². The molecule has 0 aromatic heterocycles. The summed E-state index contributed by atoms with van der Waals surface area (Å²) in [7, 11) is 0. The predicted octanol–water partition coefficient (Wildman–Crippen LogP) is 3.55. The molecule has 0 atom stereocenters. The zero-order valence-corrected chi connectivity index (χ0v) is 12.2. The quantitative estimate of drug-likeness (QED) is 0.910. The van der Waals surface area contributed by atoms with E-state index in [4.69, 9.17) is 0 Å². The van der Waals surface area contributed by atoms with Crippen LogP contribution in [0.25, 0.3) is 0 Å². The Morgan fingerprint density at radius 3 is 2.85 bits per heavy atom. The number of nitrogens with one attached hydrogen (secondary N) is 1. The Morgan fingerprint density at radius 2 is 2.05 bits per heavy atom. The van der Waals surface area contributed by atoms with E-state index < -0.39 is 0 Å². The Bertz CT molecular complexity index is 654. The van der Waals surface area contributed by atoms with Crippen LogP contribution in [0.2, 0.25) is 0 Å². The van der Waals surface area contributed by atoms with Crippen molar-refractivity contribution in [2.75, 3.05) is 16.8 Å². The van der Waals surface area contributed by atoms with Crippen LogP contribution >= 0.6 is 15.9 Å². The maximum absolute atomic E-state index is 13.4. The molecule has 3 rings (SSSR count). The van der Waals surface area contributed by atoms with Crippen LogP contribution in [0.1, 0.15) is 5.56 Å². The van der Waals surface area contributed by atoms with Crippen molar-refractivity contribution < 1.29 is 9.18 Å². The van der Waals surface area contributed by atoms with Crippen LogP contribution in [0.3, 0.4) is 0 Å². The fourth-order valence-electron chi connectivity index (χ4n) is 2.32. The number of carbonyl (C=O) groups excluding carboxylic acids is 1. The molecular formula is C15H12BrFN2O. The molecular weight excluding hydrogens is 323 g/mol. The zero-order chi connectivity index (χ0) is 14.1. The minimum Gasteiger partial charge on any atom is -0.374 e. The second kappa shape index (κ2) is 5.25. The molecule has 5 heteroatoms. The van der Waals surface area contributed by atoms with E-state index in [-0.39, 0.29) is 18.3 Å². The first-order valence-electron chi connectivity index (χ1n) is 6.22. The number of hydrogen-bond acceptors (Lipinski definition) is 2. The van der Waals surface area contributed by atoms with Crippen molar-refractivity contribution >= 4 is 33.2 Å². The number of para-hydroxylation sites is 2. The molecule has 0 radical (unpaired) electrons. The fourth-order valence-corrected chi connectivity index (χ4v) is 2.83. The van der Waals surface area contributed by atoms with Crippen molar-refractivity contribution in [1.82, 2.24) is 0 Å². The van der Waals surface area contributed by atoms with E-state index in [0.29, 0.717) is 11.0 Å². The molecule has 2 aromatic rings. The zero-order valence-electron chi connectivity index (χ0n) is 10.6. The molecule has 0 saturated heterocycles. The van der Waals surface area contributed by atoms with Gasteiger partial charge in [-0.15, -0.1) is 0 Å². The van der Waals surface area contributed by atoms with E-state index in [1.807, 2.05) is 30.3 Å². The van der Waals surface area contributed by atoms with E-state index in [1.54, 1.807) is 4.90 Å². The van der Waals surface area contributed by atoms with Gasteiger partial charge in [-0.3, -0.25) is 4.79 Å². The predicted molar refractivity (Wildman–Crippen MR) is 80.2 cm³/mol. The number of halogens is 2. The number of nitrogens with zero attached hydrogens (tertiary/aromatic N) is 1. The topological polar surface area (TPSA) is 32.3 Å². The molecule has 0 saturated carbocycles. The van der Waals surface area contributed by atoms with Crippen molar-refractivity contribution in [2.24, 2.45) is 0 Å². The summed E-state index contributed by atoms with van der Waals surface area (Å²) in [4.78, 5) is 13.8. The third kappa shape index (κ3) is 2.54. The maximum Gasteiger partial charge on any atom is 0.246 e. The summed E-state index contributed by atoms with van der Waals surface area (Å²) in [6.07, 6.45) is 0. The van der Waals surface area contributed by atoms with E-state index in [2.05, 4.69) is 21.2 Å².